The number of nitrogens with zero attached hydrogens (tertiary/aromatic N) is 2. The summed E-state index contributed by atoms with van der Waals surface area (Å²) >= 11 is 1.52. The molecule has 1 aromatic heterocycles. The highest BCUT2D eigenvalue weighted by atomic mass is 32.1. The van der Waals surface area contributed by atoms with Crippen LogP contribution in [0.3, 0.4) is 0 Å². The zero-order valence-electron chi connectivity index (χ0n) is 11.2. The minimum absolute atomic E-state index is 0.0619. The first-order valence-corrected chi connectivity index (χ1v) is 7.82. The summed E-state index contributed by atoms with van der Waals surface area (Å²) in [6.45, 7) is 1.57. The van der Waals surface area contributed by atoms with Crippen molar-refractivity contribution >= 4 is 23.3 Å². The van der Waals surface area contributed by atoms with Gasteiger partial charge in [0.15, 0.2) is 0 Å². The van der Waals surface area contributed by atoms with Crippen LogP contribution in [0.1, 0.15) is 24.3 Å². The predicted molar refractivity (Wildman–Crippen MR) is 75.2 cm³/mol. The van der Waals surface area contributed by atoms with Gasteiger partial charge in [0, 0.05) is 30.7 Å². The van der Waals surface area contributed by atoms with E-state index in [1.807, 2.05) is 5.38 Å². The van der Waals surface area contributed by atoms with Gasteiger partial charge in [0.2, 0.25) is 5.91 Å². The standard InChI is InChI=1S/C13H18N4O2S/c18-12-9-2-1-3-10(16-12)8-17(7-9)13(19)15-6-11-14-4-5-20-11/h4-5,9-10H,1-3,6-8H2,(H,15,19)(H,16,18). The molecule has 2 aliphatic rings. The number of hydrogen-bond acceptors (Lipinski definition) is 4. The fourth-order valence-electron chi connectivity index (χ4n) is 2.82. The van der Waals surface area contributed by atoms with Crippen molar-refractivity contribution in [1.29, 1.82) is 0 Å². The lowest BCUT2D eigenvalue weighted by Gasteiger charge is -2.27. The Morgan fingerprint density at radius 3 is 3.20 bits per heavy atom. The zero-order chi connectivity index (χ0) is 13.9. The number of carbonyl (C=O) groups is 2. The maximum Gasteiger partial charge on any atom is 0.317 e. The molecule has 2 atom stereocenters. The lowest BCUT2D eigenvalue weighted by atomic mass is 9.99. The Kier molecular flexibility index (Phi) is 3.86. The molecule has 108 valence electrons. The second-order valence-electron chi connectivity index (χ2n) is 5.32. The molecule has 0 aromatic carbocycles. The molecule has 6 nitrogen and oxygen atoms in total. The van der Waals surface area contributed by atoms with Gasteiger partial charge < -0.3 is 15.5 Å². The smallest absolute Gasteiger partial charge is 0.317 e. The third-order valence-corrected chi connectivity index (χ3v) is 4.65. The van der Waals surface area contributed by atoms with Gasteiger partial charge in [-0.3, -0.25) is 4.79 Å². The van der Waals surface area contributed by atoms with Gasteiger partial charge in [0.1, 0.15) is 5.01 Å². The van der Waals surface area contributed by atoms with Crippen LogP contribution in [-0.4, -0.2) is 41.0 Å². The highest BCUT2D eigenvalue weighted by molar-refractivity contribution is 7.09. The second kappa shape index (κ2) is 5.78. The fraction of sp³-hybridized carbons (Fsp3) is 0.615. The number of aromatic nitrogens is 1. The normalized spacial score (nSPS) is 25.8. The van der Waals surface area contributed by atoms with Gasteiger partial charge in [-0.15, -0.1) is 11.3 Å². The Morgan fingerprint density at radius 2 is 2.40 bits per heavy atom. The maximum absolute atomic E-state index is 12.2. The van der Waals surface area contributed by atoms with Crippen LogP contribution in [-0.2, 0) is 11.3 Å². The van der Waals surface area contributed by atoms with Gasteiger partial charge in [0.25, 0.3) is 0 Å². The second-order valence-corrected chi connectivity index (χ2v) is 6.30. The topological polar surface area (TPSA) is 74.3 Å². The Hall–Kier alpha value is -1.63. The van der Waals surface area contributed by atoms with E-state index < -0.39 is 0 Å². The molecule has 2 bridgehead atoms. The lowest BCUT2D eigenvalue weighted by molar-refractivity contribution is -0.124. The fourth-order valence-corrected chi connectivity index (χ4v) is 3.38. The molecule has 2 fully saturated rings. The molecule has 0 saturated carbocycles. The summed E-state index contributed by atoms with van der Waals surface area (Å²) in [5, 5.41) is 8.69. The molecule has 2 unspecified atom stereocenters. The first kappa shape index (κ1) is 13.4. The maximum atomic E-state index is 12.2. The van der Waals surface area contributed by atoms with Crippen molar-refractivity contribution in [2.24, 2.45) is 5.92 Å². The number of urea groups is 1. The van der Waals surface area contributed by atoms with Crippen molar-refractivity contribution in [3.05, 3.63) is 16.6 Å². The van der Waals surface area contributed by atoms with Gasteiger partial charge in [-0.25, -0.2) is 9.78 Å². The quantitative estimate of drug-likeness (QED) is 0.853. The number of nitrogens with one attached hydrogen (secondary N) is 2. The van der Waals surface area contributed by atoms with E-state index in [1.54, 1.807) is 11.1 Å². The number of likely N-dealkylation sites (tertiary alicyclic amines) is 1. The van der Waals surface area contributed by atoms with E-state index in [-0.39, 0.29) is 23.9 Å². The van der Waals surface area contributed by atoms with Gasteiger partial charge in [-0.2, -0.15) is 0 Å². The van der Waals surface area contributed by atoms with E-state index in [0.29, 0.717) is 19.6 Å². The molecule has 2 N–H and O–H groups in total. The molecule has 0 radical (unpaired) electrons. The largest absolute Gasteiger partial charge is 0.351 e. The molecule has 1 aromatic rings. The third kappa shape index (κ3) is 2.92. The Balaban J connectivity index is 1.61. The van der Waals surface area contributed by atoms with Crippen molar-refractivity contribution in [2.45, 2.75) is 31.8 Å². The summed E-state index contributed by atoms with van der Waals surface area (Å²) in [7, 11) is 0. The summed E-state index contributed by atoms with van der Waals surface area (Å²) in [4.78, 5) is 30.1. The molecule has 20 heavy (non-hydrogen) atoms. The number of hydrogen-bond donors (Lipinski definition) is 2. The molecule has 3 amide bonds. The van der Waals surface area contributed by atoms with E-state index in [1.165, 1.54) is 11.3 Å². The molecule has 0 spiro atoms. The average molecular weight is 294 g/mol. The van der Waals surface area contributed by atoms with Gasteiger partial charge in [-0.05, 0) is 12.8 Å². The number of fused-ring (bicyclic) bond motifs is 3. The third-order valence-electron chi connectivity index (χ3n) is 3.87. The Bertz CT molecular complexity index is 491. The molecule has 2 aliphatic heterocycles. The molecule has 3 heterocycles. The minimum atomic E-state index is -0.103. The van der Waals surface area contributed by atoms with Crippen LogP contribution in [0.25, 0.3) is 0 Å². The van der Waals surface area contributed by atoms with E-state index in [4.69, 9.17) is 0 Å². The van der Waals surface area contributed by atoms with E-state index in [0.717, 1.165) is 24.3 Å². The highest BCUT2D eigenvalue weighted by Gasteiger charge is 2.34. The van der Waals surface area contributed by atoms with Gasteiger partial charge in [-0.1, -0.05) is 6.42 Å². The van der Waals surface area contributed by atoms with Crippen molar-refractivity contribution in [2.75, 3.05) is 13.1 Å². The minimum Gasteiger partial charge on any atom is -0.351 e. The summed E-state index contributed by atoms with van der Waals surface area (Å²) < 4.78 is 0. The zero-order valence-corrected chi connectivity index (χ0v) is 12.0. The summed E-state index contributed by atoms with van der Waals surface area (Å²) in [5.41, 5.74) is 0. The summed E-state index contributed by atoms with van der Waals surface area (Å²) in [5.74, 6) is 0.0378. The summed E-state index contributed by atoms with van der Waals surface area (Å²) in [6.07, 6.45) is 4.62. The van der Waals surface area contributed by atoms with Crippen molar-refractivity contribution < 1.29 is 9.59 Å². The summed E-state index contributed by atoms with van der Waals surface area (Å²) in [6, 6.07) is -0.00536. The van der Waals surface area contributed by atoms with Crippen molar-refractivity contribution in [3.8, 4) is 0 Å². The first-order chi connectivity index (χ1) is 9.72. The van der Waals surface area contributed by atoms with Crippen LogP contribution < -0.4 is 10.6 Å². The van der Waals surface area contributed by atoms with Crippen LogP contribution in [0, 0.1) is 5.92 Å². The molecule has 7 heteroatoms. The number of amides is 3. The average Bonchev–Trinajstić information content (AvgIpc) is 2.80. The molecule has 0 aliphatic carbocycles. The lowest BCUT2D eigenvalue weighted by Crippen LogP contribution is -2.46. The van der Waals surface area contributed by atoms with E-state index in [9.17, 15) is 9.59 Å². The number of thiazole rings is 1. The van der Waals surface area contributed by atoms with Crippen LogP contribution in [0.15, 0.2) is 11.6 Å². The SMILES string of the molecule is O=C1NC2CCCC1CN(C(=O)NCc1nccs1)C2. The van der Waals surface area contributed by atoms with Crippen LogP contribution in [0.4, 0.5) is 4.79 Å². The predicted octanol–water partition coefficient (Wildman–Crippen LogP) is 0.953. The number of rotatable bonds is 2. The molecular formula is C13H18N4O2S. The van der Waals surface area contributed by atoms with Crippen LogP contribution >= 0.6 is 11.3 Å². The first-order valence-electron chi connectivity index (χ1n) is 6.94. The van der Waals surface area contributed by atoms with Crippen molar-refractivity contribution in [3.63, 3.8) is 0 Å². The molecule has 2 saturated heterocycles. The Morgan fingerprint density at radius 1 is 1.50 bits per heavy atom. The van der Waals surface area contributed by atoms with E-state index >= 15 is 0 Å². The van der Waals surface area contributed by atoms with Crippen molar-refractivity contribution in [1.82, 2.24) is 20.5 Å². The van der Waals surface area contributed by atoms with Crippen LogP contribution in [0.5, 0.6) is 0 Å². The van der Waals surface area contributed by atoms with Crippen LogP contribution in [0.2, 0.25) is 0 Å². The van der Waals surface area contributed by atoms with Gasteiger partial charge in [0.05, 0.1) is 12.5 Å². The molecular weight excluding hydrogens is 276 g/mol. The van der Waals surface area contributed by atoms with E-state index in [2.05, 4.69) is 15.6 Å². The number of carbonyl (C=O) groups excluding carboxylic acids is 2. The van der Waals surface area contributed by atoms with Gasteiger partial charge >= 0.3 is 6.03 Å². The Labute approximate surface area is 121 Å². The monoisotopic (exact) mass is 294 g/mol. The molecule has 3 rings (SSSR count). The highest BCUT2D eigenvalue weighted by Crippen LogP contribution is 2.21.